The predicted molar refractivity (Wildman–Crippen MR) is 112 cm³/mol. The minimum Gasteiger partial charge on any atom is -0.493 e. The molecule has 0 spiro atoms. The van der Waals surface area contributed by atoms with Crippen LogP contribution in [-0.2, 0) is 6.42 Å². The number of nitriles is 1. The normalized spacial score (nSPS) is 10.3. The van der Waals surface area contributed by atoms with Crippen molar-refractivity contribution in [3.05, 3.63) is 63.9 Å². The first-order valence-electron chi connectivity index (χ1n) is 9.13. The molecule has 0 aliphatic rings. The van der Waals surface area contributed by atoms with Gasteiger partial charge >= 0.3 is 0 Å². The highest BCUT2D eigenvalue weighted by molar-refractivity contribution is 5.77. The third-order valence-electron chi connectivity index (χ3n) is 4.79. The Kier molecular flexibility index (Phi) is 5.89. The molecule has 0 atom stereocenters. The lowest BCUT2D eigenvalue weighted by Crippen LogP contribution is -2.12. The number of benzene rings is 2. The van der Waals surface area contributed by atoms with Crippen molar-refractivity contribution in [1.29, 1.82) is 5.26 Å². The van der Waals surface area contributed by atoms with E-state index in [0.717, 1.165) is 12.0 Å². The third kappa shape index (κ3) is 3.81. The molecule has 29 heavy (non-hydrogen) atoms. The molecule has 3 aromatic rings. The maximum absolute atomic E-state index is 12.6. The summed E-state index contributed by atoms with van der Waals surface area (Å²) in [6, 6.07) is 15.2. The molecular formula is C23H22N2O4. The highest BCUT2D eigenvalue weighted by Crippen LogP contribution is 2.41. The molecule has 0 radical (unpaired) electrons. The number of nitrogens with zero attached hydrogens (tertiary/aromatic N) is 1. The van der Waals surface area contributed by atoms with Crippen LogP contribution in [0.25, 0.3) is 22.4 Å². The second-order valence-electron chi connectivity index (χ2n) is 6.38. The number of methoxy groups -OCH3 is 3. The summed E-state index contributed by atoms with van der Waals surface area (Å²) in [5.74, 6) is 1.41. The van der Waals surface area contributed by atoms with Crippen molar-refractivity contribution in [1.82, 2.24) is 4.98 Å². The summed E-state index contributed by atoms with van der Waals surface area (Å²) in [5, 5.41) is 9.53. The fourth-order valence-electron chi connectivity index (χ4n) is 3.21. The lowest BCUT2D eigenvalue weighted by atomic mass is 9.97. The summed E-state index contributed by atoms with van der Waals surface area (Å²) in [5.41, 5.74) is 3.40. The molecule has 148 valence electrons. The molecule has 0 saturated heterocycles. The van der Waals surface area contributed by atoms with E-state index >= 15 is 0 Å². The molecule has 1 heterocycles. The highest BCUT2D eigenvalue weighted by atomic mass is 16.5. The Morgan fingerprint density at radius 2 is 1.55 bits per heavy atom. The molecule has 0 saturated carbocycles. The molecule has 6 nitrogen and oxygen atoms in total. The monoisotopic (exact) mass is 390 g/mol. The molecule has 3 rings (SSSR count). The standard InChI is InChI=1S/C23H22N2O4/c1-5-14-6-8-15(9-7-14)17-12-19(25-23(26)18(17)13-24)16-10-20(27-2)22(29-4)21(11-16)28-3/h6-12H,5H2,1-4H3,(H,25,26). The number of pyridine rings is 1. The van der Waals surface area contributed by atoms with Crippen molar-refractivity contribution >= 4 is 0 Å². The number of aromatic nitrogens is 1. The first-order valence-corrected chi connectivity index (χ1v) is 9.13. The van der Waals surface area contributed by atoms with Crippen LogP contribution in [0.1, 0.15) is 18.1 Å². The van der Waals surface area contributed by atoms with Crippen LogP contribution < -0.4 is 19.8 Å². The molecule has 0 fully saturated rings. The Balaban J connectivity index is 2.23. The second kappa shape index (κ2) is 8.53. The predicted octanol–water partition coefficient (Wildman–Crippen LogP) is 4.17. The van der Waals surface area contributed by atoms with Crippen LogP contribution in [0.15, 0.2) is 47.3 Å². The Bertz CT molecular complexity index is 1100. The van der Waals surface area contributed by atoms with Crippen LogP contribution in [0.2, 0.25) is 0 Å². The number of hydrogen-bond acceptors (Lipinski definition) is 5. The summed E-state index contributed by atoms with van der Waals surface area (Å²) >= 11 is 0. The summed E-state index contributed by atoms with van der Waals surface area (Å²) < 4.78 is 16.2. The zero-order chi connectivity index (χ0) is 21.0. The van der Waals surface area contributed by atoms with Crippen molar-refractivity contribution in [3.8, 4) is 45.7 Å². The molecule has 2 aromatic carbocycles. The number of aryl methyl sites for hydroxylation is 1. The van der Waals surface area contributed by atoms with Gasteiger partial charge < -0.3 is 19.2 Å². The van der Waals surface area contributed by atoms with Crippen LogP contribution in [-0.4, -0.2) is 26.3 Å². The lowest BCUT2D eigenvalue weighted by molar-refractivity contribution is 0.324. The highest BCUT2D eigenvalue weighted by Gasteiger charge is 2.17. The van der Waals surface area contributed by atoms with Crippen molar-refractivity contribution in [2.24, 2.45) is 0 Å². The summed E-state index contributed by atoms with van der Waals surface area (Å²) in [4.78, 5) is 15.4. The average molecular weight is 390 g/mol. The first kappa shape index (κ1) is 20.0. The molecule has 1 aromatic heterocycles. The maximum atomic E-state index is 12.6. The van der Waals surface area contributed by atoms with Gasteiger partial charge in [0, 0.05) is 16.8 Å². The fraction of sp³-hybridized carbons (Fsp3) is 0.217. The van der Waals surface area contributed by atoms with E-state index in [-0.39, 0.29) is 5.56 Å². The van der Waals surface area contributed by atoms with Crippen LogP contribution in [0, 0.1) is 11.3 Å². The second-order valence-corrected chi connectivity index (χ2v) is 6.38. The van der Waals surface area contributed by atoms with E-state index in [1.165, 1.54) is 26.9 Å². The number of nitrogens with one attached hydrogen (secondary N) is 1. The van der Waals surface area contributed by atoms with E-state index in [1.54, 1.807) is 18.2 Å². The Hall–Kier alpha value is -3.72. The molecule has 0 aliphatic heterocycles. The molecule has 0 bridgehead atoms. The van der Waals surface area contributed by atoms with Gasteiger partial charge in [-0.3, -0.25) is 4.79 Å². The zero-order valence-corrected chi connectivity index (χ0v) is 16.8. The maximum Gasteiger partial charge on any atom is 0.266 e. The van der Waals surface area contributed by atoms with E-state index in [1.807, 2.05) is 30.3 Å². The summed E-state index contributed by atoms with van der Waals surface area (Å²) in [6.07, 6.45) is 0.914. The first-order chi connectivity index (χ1) is 14.1. The van der Waals surface area contributed by atoms with Crippen LogP contribution in [0.4, 0.5) is 0 Å². The Morgan fingerprint density at radius 3 is 2.03 bits per heavy atom. The SMILES string of the molecule is CCc1ccc(-c2cc(-c3cc(OC)c(OC)c(OC)c3)[nH]c(=O)c2C#N)cc1. The number of hydrogen-bond donors (Lipinski definition) is 1. The summed E-state index contributed by atoms with van der Waals surface area (Å²) in [7, 11) is 4.59. The number of rotatable bonds is 6. The van der Waals surface area contributed by atoms with Crippen molar-refractivity contribution in [2.45, 2.75) is 13.3 Å². The van der Waals surface area contributed by atoms with Gasteiger partial charge in [0.15, 0.2) is 11.5 Å². The smallest absolute Gasteiger partial charge is 0.266 e. The molecular weight excluding hydrogens is 368 g/mol. The molecule has 0 unspecified atom stereocenters. The van der Waals surface area contributed by atoms with E-state index < -0.39 is 5.56 Å². The summed E-state index contributed by atoms with van der Waals surface area (Å²) in [6.45, 7) is 2.07. The fourth-order valence-corrected chi connectivity index (χ4v) is 3.21. The molecule has 0 aliphatic carbocycles. The topological polar surface area (TPSA) is 84.3 Å². The van der Waals surface area contributed by atoms with Gasteiger partial charge in [-0.15, -0.1) is 0 Å². The minimum atomic E-state index is -0.451. The van der Waals surface area contributed by atoms with Crippen molar-refractivity contribution in [2.75, 3.05) is 21.3 Å². The van der Waals surface area contributed by atoms with E-state index in [4.69, 9.17) is 14.2 Å². The molecule has 0 amide bonds. The quantitative estimate of drug-likeness (QED) is 0.683. The van der Waals surface area contributed by atoms with Gasteiger partial charge in [-0.2, -0.15) is 5.26 Å². The Morgan fingerprint density at radius 1 is 0.931 bits per heavy atom. The lowest BCUT2D eigenvalue weighted by Gasteiger charge is -2.15. The zero-order valence-electron chi connectivity index (χ0n) is 16.8. The third-order valence-corrected chi connectivity index (χ3v) is 4.79. The van der Waals surface area contributed by atoms with Gasteiger partial charge in [0.1, 0.15) is 11.6 Å². The van der Waals surface area contributed by atoms with Crippen molar-refractivity contribution < 1.29 is 14.2 Å². The average Bonchev–Trinajstić information content (AvgIpc) is 2.77. The van der Waals surface area contributed by atoms with Crippen molar-refractivity contribution in [3.63, 3.8) is 0 Å². The van der Waals surface area contributed by atoms with E-state index in [0.29, 0.717) is 34.1 Å². The van der Waals surface area contributed by atoms with Crippen LogP contribution >= 0.6 is 0 Å². The van der Waals surface area contributed by atoms with Gasteiger partial charge in [-0.25, -0.2) is 0 Å². The van der Waals surface area contributed by atoms with E-state index in [9.17, 15) is 10.1 Å². The van der Waals surface area contributed by atoms with Gasteiger partial charge in [-0.05, 0) is 35.7 Å². The number of aromatic amines is 1. The van der Waals surface area contributed by atoms with Gasteiger partial charge in [0.25, 0.3) is 5.56 Å². The van der Waals surface area contributed by atoms with E-state index in [2.05, 4.69) is 11.9 Å². The minimum absolute atomic E-state index is 0.0745. The van der Waals surface area contributed by atoms with Gasteiger partial charge in [0.2, 0.25) is 5.75 Å². The number of H-pyrrole nitrogens is 1. The largest absolute Gasteiger partial charge is 0.493 e. The van der Waals surface area contributed by atoms with Gasteiger partial charge in [-0.1, -0.05) is 31.2 Å². The Labute approximate surface area is 169 Å². The van der Waals surface area contributed by atoms with Crippen LogP contribution in [0.5, 0.6) is 17.2 Å². The number of ether oxygens (including phenoxy) is 3. The van der Waals surface area contributed by atoms with Gasteiger partial charge in [0.05, 0.1) is 21.3 Å². The molecule has 1 N–H and O–H groups in total. The molecule has 6 heteroatoms. The van der Waals surface area contributed by atoms with Crippen LogP contribution in [0.3, 0.4) is 0 Å².